The number of hydrogen-bond acceptors (Lipinski definition) is 4. The number of anilines is 1. The predicted molar refractivity (Wildman–Crippen MR) is 87.7 cm³/mol. The highest BCUT2D eigenvalue weighted by atomic mass is 35.5. The molecule has 0 aliphatic rings. The van der Waals surface area contributed by atoms with Crippen molar-refractivity contribution < 1.29 is 9.21 Å². The van der Waals surface area contributed by atoms with Crippen LogP contribution in [-0.4, -0.2) is 16.1 Å². The Labute approximate surface area is 138 Å². The van der Waals surface area contributed by atoms with Crippen molar-refractivity contribution in [2.24, 2.45) is 0 Å². The first kappa shape index (κ1) is 15.2. The molecule has 2 aromatic carbocycles. The summed E-state index contributed by atoms with van der Waals surface area (Å²) in [6.07, 6.45) is 0.487. The van der Waals surface area contributed by atoms with Crippen molar-refractivity contribution in [3.63, 3.8) is 0 Å². The molecule has 1 aromatic heterocycles. The summed E-state index contributed by atoms with van der Waals surface area (Å²) in [5.41, 5.74) is 2.55. The van der Waals surface area contributed by atoms with Crippen molar-refractivity contribution in [1.82, 2.24) is 10.2 Å². The normalized spacial score (nSPS) is 10.5. The van der Waals surface area contributed by atoms with E-state index in [-0.39, 0.29) is 5.89 Å². The van der Waals surface area contributed by atoms with Crippen LogP contribution in [0.3, 0.4) is 0 Å². The van der Waals surface area contributed by atoms with Gasteiger partial charge < -0.3 is 9.73 Å². The van der Waals surface area contributed by atoms with Crippen LogP contribution in [0, 0.1) is 6.92 Å². The maximum absolute atomic E-state index is 12.2. The third-order valence-corrected chi connectivity index (χ3v) is 3.53. The molecule has 0 bridgehead atoms. The number of carbonyl (C=O) groups is 1. The zero-order chi connectivity index (χ0) is 16.2. The molecule has 3 aromatic rings. The topological polar surface area (TPSA) is 68.0 Å². The highest BCUT2D eigenvalue weighted by molar-refractivity contribution is 6.30. The number of aromatic nitrogens is 2. The molecule has 116 valence electrons. The Morgan fingerprint density at radius 3 is 2.70 bits per heavy atom. The van der Waals surface area contributed by atoms with Crippen LogP contribution in [0.25, 0.3) is 0 Å². The minimum Gasteiger partial charge on any atom is -0.417 e. The lowest BCUT2D eigenvalue weighted by Crippen LogP contribution is -2.13. The summed E-state index contributed by atoms with van der Waals surface area (Å²) in [6.45, 7) is 1.86. The van der Waals surface area contributed by atoms with Gasteiger partial charge in [0, 0.05) is 10.7 Å². The van der Waals surface area contributed by atoms with Gasteiger partial charge in [0.15, 0.2) is 0 Å². The van der Waals surface area contributed by atoms with Crippen molar-refractivity contribution in [2.75, 3.05) is 5.32 Å². The van der Waals surface area contributed by atoms with Crippen LogP contribution in [-0.2, 0) is 6.42 Å². The summed E-state index contributed by atoms with van der Waals surface area (Å²) < 4.78 is 5.42. The van der Waals surface area contributed by atoms with Gasteiger partial charge in [0.2, 0.25) is 5.89 Å². The molecular weight excluding hydrogens is 314 g/mol. The maximum atomic E-state index is 12.2. The van der Waals surface area contributed by atoms with Gasteiger partial charge in [-0.25, -0.2) is 0 Å². The van der Waals surface area contributed by atoms with E-state index in [2.05, 4.69) is 15.5 Å². The second-order valence-corrected chi connectivity index (χ2v) is 5.51. The standard InChI is InChI=1S/C17H14ClN3O2/c1-11-9-13(18)7-8-14(11)19-16(22)17-21-20-15(23-17)10-12-5-3-2-4-6-12/h2-9H,10H2,1H3,(H,19,22). The van der Waals surface area contributed by atoms with Crippen molar-refractivity contribution in [3.05, 3.63) is 76.5 Å². The molecule has 0 aliphatic heterocycles. The molecule has 6 heteroatoms. The maximum Gasteiger partial charge on any atom is 0.313 e. The third-order valence-electron chi connectivity index (χ3n) is 3.30. The largest absolute Gasteiger partial charge is 0.417 e. The Hall–Kier alpha value is -2.66. The summed E-state index contributed by atoms with van der Waals surface area (Å²) in [4.78, 5) is 12.2. The molecule has 1 N–H and O–H groups in total. The Morgan fingerprint density at radius 1 is 1.17 bits per heavy atom. The van der Waals surface area contributed by atoms with Crippen LogP contribution in [0.1, 0.15) is 27.7 Å². The number of nitrogens with zero attached hydrogens (tertiary/aromatic N) is 2. The van der Waals surface area contributed by atoms with Crippen LogP contribution in [0.15, 0.2) is 52.9 Å². The molecule has 0 atom stereocenters. The van der Waals surface area contributed by atoms with Crippen molar-refractivity contribution in [1.29, 1.82) is 0 Å². The smallest absolute Gasteiger partial charge is 0.313 e. The Morgan fingerprint density at radius 2 is 1.96 bits per heavy atom. The fourth-order valence-electron chi connectivity index (χ4n) is 2.13. The molecular formula is C17H14ClN3O2. The van der Waals surface area contributed by atoms with Gasteiger partial charge in [-0.3, -0.25) is 4.79 Å². The van der Waals surface area contributed by atoms with Crippen LogP contribution in [0.5, 0.6) is 0 Å². The number of aryl methyl sites for hydroxylation is 1. The van der Waals surface area contributed by atoms with Gasteiger partial charge >= 0.3 is 11.8 Å². The van der Waals surface area contributed by atoms with Crippen LogP contribution in [0.2, 0.25) is 5.02 Å². The van der Waals surface area contributed by atoms with E-state index < -0.39 is 5.91 Å². The highest BCUT2D eigenvalue weighted by Crippen LogP contribution is 2.20. The van der Waals surface area contributed by atoms with Gasteiger partial charge in [-0.2, -0.15) is 0 Å². The van der Waals surface area contributed by atoms with Crippen molar-refractivity contribution in [3.8, 4) is 0 Å². The van der Waals surface area contributed by atoms with Gasteiger partial charge in [-0.15, -0.1) is 10.2 Å². The molecule has 0 spiro atoms. The van der Waals surface area contributed by atoms with E-state index in [0.29, 0.717) is 23.0 Å². The van der Waals surface area contributed by atoms with E-state index in [1.54, 1.807) is 18.2 Å². The number of halogens is 1. The van der Waals surface area contributed by atoms with E-state index in [1.807, 2.05) is 37.3 Å². The van der Waals surface area contributed by atoms with Gasteiger partial charge in [-0.05, 0) is 36.2 Å². The number of hydrogen-bond donors (Lipinski definition) is 1. The van der Waals surface area contributed by atoms with Crippen LogP contribution in [0.4, 0.5) is 5.69 Å². The fourth-order valence-corrected chi connectivity index (χ4v) is 2.36. The number of carbonyl (C=O) groups excluding carboxylic acids is 1. The average Bonchev–Trinajstić information content (AvgIpc) is 3.00. The number of benzene rings is 2. The molecule has 23 heavy (non-hydrogen) atoms. The minimum atomic E-state index is -0.442. The summed E-state index contributed by atoms with van der Waals surface area (Å²) >= 11 is 5.90. The quantitative estimate of drug-likeness (QED) is 0.789. The summed E-state index contributed by atoms with van der Waals surface area (Å²) in [5.74, 6) is -0.110. The highest BCUT2D eigenvalue weighted by Gasteiger charge is 2.16. The molecule has 5 nitrogen and oxygen atoms in total. The molecule has 1 heterocycles. The van der Waals surface area contributed by atoms with Gasteiger partial charge in [0.25, 0.3) is 0 Å². The lowest BCUT2D eigenvalue weighted by molar-refractivity contribution is 0.0988. The summed E-state index contributed by atoms with van der Waals surface area (Å²) in [6, 6.07) is 14.9. The second-order valence-electron chi connectivity index (χ2n) is 5.08. The molecule has 3 rings (SSSR count). The summed E-state index contributed by atoms with van der Waals surface area (Å²) in [7, 11) is 0. The van der Waals surface area contributed by atoms with E-state index >= 15 is 0 Å². The van der Waals surface area contributed by atoms with E-state index in [1.165, 1.54) is 0 Å². The van der Waals surface area contributed by atoms with Gasteiger partial charge in [0.05, 0.1) is 6.42 Å². The molecule has 0 aliphatic carbocycles. The second kappa shape index (κ2) is 6.62. The molecule has 0 unspecified atom stereocenters. The Bertz CT molecular complexity index is 831. The third kappa shape index (κ3) is 3.76. The van der Waals surface area contributed by atoms with Crippen molar-refractivity contribution in [2.45, 2.75) is 13.3 Å². The minimum absolute atomic E-state index is 0.0646. The molecule has 0 saturated carbocycles. The zero-order valence-corrected chi connectivity index (χ0v) is 13.2. The molecule has 1 amide bonds. The molecule has 0 fully saturated rings. The lowest BCUT2D eigenvalue weighted by atomic mass is 10.2. The SMILES string of the molecule is Cc1cc(Cl)ccc1NC(=O)c1nnc(Cc2ccccc2)o1. The van der Waals surface area contributed by atoms with Crippen LogP contribution < -0.4 is 5.32 Å². The first-order valence-corrected chi connectivity index (χ1v) is 7.43. The van der Waals surface area contributed by atoms with E-state index in [4.69, 9.17) is 16.0 Å². The number of rotatable bonds is 4. The fraction of sp³-hybridized carbons (Fsp3) is 0.118. The number of amides is 1. The Balaban J connectivity index is 1.71. The van der Waals surface area contributed by atoms with Gasteiger partial charge in [-0.1, -0.05) is 41.9 Å². The average molecular weight is 328 g/mol. The number of nitrogens with one attached hydrogen (secondary N) is 1. The molecule has 0 radical (unpaired) electrons. The summed E-state index contributed by atoms with van der Waals surface area (Å²) in [5, 5.41) is 11.1. The van der Waals surface area contributed by atoms with E-state index in [0.717, 1.165) is 11.1 Å². The van der Waals surface area contributed by atoms with Crippen molar-refractivity contribution >= 4 is 23.2 Å². The van der Waals surface area contributed by atoms with Crippen LogP contribution >= 0.6 is 11.6 Å². The Kier molecular flexibility index (Phi) is 4.39. The lowest BCUT2D eigenvalue weighted by Gasteiger charge is -2.06. The molecule has 0 saturated heterocycles. The zero-order valence-electron chi connectivity index (χ0n) is 12.4. The van der Waals surface area contributed by atoms with E-state index in [9.17, 15) is 4.79 Å². The monoisotopic (exact) mass is 327 g/mol. The first-order chi connectivity index (χ1) is 11.1. The first-order valence-electron chi connectivity index (χ1n) is 7.05. The predicted octanol–water partition coefficient (Wildman–Crippen LogP) is 3.87. The van der Waals surface area contributed by atoms with Gasteiger partial charge in [0.1, 0.15) is 0 Å².